The van der Waals surface area contributed by atoms with E-state index in [9.17, 15) is 9.18 Å². The van der Waals surface area contributed by atoms with E-state index in [-0.39, 0.29) is 18.1 Å². The minimum atomic E-state index is -0.404. The first-order valence-corrected chi connectivity index (χ1v) is 7.80. The van der Waals surface area contributed by atoms with Crippen molar-refractivity contribution >= 4 is 23.4 Å². The maximum absolute atomic E-state index is 13.4. The van der Waals surface area contributed by atoms with E-state index in [1.165, 1.54) is 18.9 Å². The van der Waals surface area contributed by atoms with Gasteiger partial charge in [-0.3, -0.25) is 4.79 Å². The summed E-state index contributed by atoms with van der Waals surface area (Å²) in [7, 11) is 0. The summed E-state index contributed by atoms with van der Waals surface area (Å²) in [6, 6.07) is 6.59. The molecule has 0 heterocycles. The molecular weight excluding hydrogens is 263 g/mol. The number of rotatable bonds is 5. The van der Waals surface area contributed by atoms with Gasteiger partial charge in [-0.2, -0.15) is 11.8 Å². The molecule has 0 radical (unpaired) electrons. The second-order valence-corrected chi connectivity index (χ2v) is 5.80. The van der Waals surface area contributed by atoms with E-state index in [1.54, 1.807) is 18.2 Å². The van der Waals surface area contributed by atoms with E-state index in [0.29, 0.717) is 11.3 Å². The predicted octanol–water partition coefficient (Wildman–Crippen LogP) is 2.64. The number of benzene rings is 1. The average molecular weight is 282 g/mol. The minimum Gasteiger partial charge on any atom is -0.322 e. The Morgan fingerprint density at radius 1 is 1.42 bits per heavy atom. The normalized spacial score (nSPS) is 22.4. The number of hydrogen-bond acceptors (Lipinski definition) is 3. The number of hydrogen-bond donors (Lipinski definition) is 2. The monoisotopic (exact) mass is 282 g/mol. The van der Waals surface area contributed by atoms with Gasteiger partial charge in [-0.1, -0.05) is 18.6 Å². The number of nitrogens with one attached hydrogen (secondary N) is 2. The van der Waals surface area contributed by atoms with Crippen LogP contribution in [0.25, 0.3) is 0 Å². The predicted molar refractivity (Wildman–Crippen MR) is 78.0 cm³/mol. The van der Waals surface area contributed by atoms with Crippen LogP contribution in [0.5, 0.6) is 0 Å². The van der Waals surface area contributed by atoms with Gasteiger partial charge in [-0.25, -0.2) is 4.39 Å². The molecule has 0 bridgehead atoms. The second kappa shape index (κ2) is 6.91. The van der Waals surface area contributed by atoms with Crippen molar-refractivity contribution in [2.75, 3.05) is 18.1 Å². The molecule has 2 atom stereocenters. The fourth-order valence-electron chi connectivity index (χ4n) is 2.42. The third-order valence-electron chi connectivity index (χ3n) is 3.43. The molecule has 2 unspecified atom stereocenters. The van der Waals surface area contributed by atoms with Crippen LogP contribution in [0.4, 0.5) is 10.1 Å². The van der Waals surface area contributed by atoms with Crippen molar-refractivity contribution in [1.29, 1.82) is 0 Å². The number of thioether (sulfide) groups is 1. The van der Waals surface area contributed by atoms with Gasteiger partial charge in [0.15, 0.2) is 0 Å². The van der Waals surface area contributed by atoms with Gasteiger partial charge in [0.1, 0.15) is 5.82 Å². The quantitative estimate of drug-likeness (QED) is 0.872. The highest BCUT2D eigenvalue weighted by molar-refractivity contribution is 7.99. The molecule has 0 aromatic heterocycles. The Labute approximate surface area is 117 Å². The highest BCUT2D eigenvalue weighted by Crippen LogP contribution is 2.28. The largest absolute Gasteiger partial charge is 0.322 e. The van der Waals surface area contributed by atoms with Crippen LogP contribution in [0.15, 0.2) is 24.3 Å². The van der Waals surface area contributed by atoms with E-state index >= 15 is 0 Å². The zero-order chi connectivity index (χ0) is 13.7. The maximum atomic E-state index is 13.4. The van der Waals surface area contributed by atoms with Gasteiger partial charge in [0.25, 0.3) is 0 Å². The SMILES string of the molecule is CSC1CCCC1NCC(=O)Nc1ccccc1F. The highest BCUT2D eigenvalue weighted by Gasteiger charge is 2.26. The van der Waals surface area contributed by atoms with Crippen molar-refractivity contribution < 1.29 is 9.18 Å². The molecule has 1 aliphatic rings. The summed E-state index contributed by atoms with van der Waals surface area (Å²) in [4.78, 5) is 11.8. The lowest BCUT2D eigenvalue weighted by atomic mass is 10.2. The standard InChI is InChI=1S/C14H19FN2OS/c1-19-13-8-4-7-12(13)16-9-14(18)17-11-6-3-2-5-10(11)15/h2-3,5-6,12-13,16H,4,7-9H2,1H3,(H,17,18). The number of anilines is 1. The number of halogens is 1. The molecule has 1 fully saturated rings. The lowest BCUT2D eigenvalue weighted by Crippen LogP contribution is -2.39. The van der Waals surface area contributed by atoms with Gasteiger partial charge in [0, 0.05) is 11.3 Å². The van der Waals surface area contributed by atoms with Crippen molar-refractivity contribution in [3.05, 3.63) is 30.1 Å². The number of para-hydroxylation sites is 1. The van der Waals surface area contributed by atoms with Crippen LogP contribution in [0.1, 0.15) is 19.3 Å². The van der Waals surface area contributed by atoms with Crippen molar-refractivity contribution in [3.8, 4) is 0 Å². The molecule has 19 heavy (non-hydrogen) atoms. The summed E-state index contributed by atoms with van der Waals surface area (Å²) in [5.41, 5.74) is 0.238. The zero-order valence-corrected chi connectivity index (χ0v) is 11.8. The first-order chi connectivity index (χ1) is 9.20. The molecule has 1 amide bonds. The molecule has 1 saturated carbocycles. The number of amides is 1. The van der Waals surface area contributed by atoms with Gasteiger partial charge < -0.3 is 10.6 Å². The van der Waals surface area contributed by atoms with Gasteiger partial charge in [0.2, 0.25) is 5.91 Å². The Bertz CT molecular complexity index is 441. The maximum Gasteiger partial charge on any atom is 0.238 e. The van der Waals surface area contributed by atoms with E-state index in [2.05, 4.69) is 16.9 Å². The summed E-state index contributed by atoms with van der Waals surface area (Å²) in [5, 5.41) is 6.44. The minimum absolute atomic E-state index is 0.197. The van der Waals surface area contributed by atoms with Crippen LogP contribution in [-0.2, 0) is 4.79 Å². The fourth-order valence-corrected chi connectivity index (χ4v) is 3.39. The van der Waals surface area contributed by atoms with Crippen LogP contribution in [0.3, 0.4) is 0 Å². The first-order valence-electron chi connectivity index (χ1n) is 6.51. The lowest BCUT2D eigenvalue weighted by Gasteiger charge is -2.18. The van der Waals surface area contributed by atoms with Crippen molar-refractivity contribution in [3.63, 3.8) is 0 Å². The van der Waals surface area contributed by atoms with Gasteiger partial charge in [0.05, 0.1) is 12.2 Å². The van der Waals surface area contributed by atoms with Gasteiger partial charge in [-0.05, 0) is 31.2 Å². The highest BCUT2D eigenvalue weighted by atomic mass is 32.2. The van der Waals surface area contributed by atoms with Crippen LogP contribution in [-0.4, -0.2) is 30.0 Å². The Morgan fingerprint density at radius 2 is 2.21 bits per heavy atom. The van der Waals surface area contributed by atoms with E-state index in [0.717, 1.165) is 6.42 Å². The molecule has 104 valence electrons. The summed E-state index contributed by atoms with van der Waals surface area (Å²) in [6.45, 7) is 0.232. The van der Waals surface area contributed by atoms with Crippen molar-refractivity contribution in [1.82, 2.24) is 5.32 Å². The molecular formula is C14H19FN2OS. The van der Waals surface area contributed by atoms with E-state index < -0.39 is 5.82 Å². The summed E-state index contributed by atoms with van der Waals surface area (Å²) >= 11 is 1.84. The summed E-state index contributed by atoms with van der Waals surface area (Å²) in [5.74, 6) is -0.601. The van der Waals surface area contributed by atoms with Gasteiger partial charge >= 0.3 is 0 Å². The topological polar surface area (TPSA) is 41.1 Å². The van der Waals surface area contributed by atoms with Crippen molar-refractivity contribution in [2.24, 2.45) is 0 Å². The molecule has 1 aromatic carbocycles. The fraction of sp³-hybridized carbons (Fsp3) is 0.500. The van der Waals surface area contributed by atoms with Gasteiger partial charge in [-0.15, -0.1) is 0 Å². The third kappa shape index (κ3) is 3.94. The molecule has 1 aliphatic carbocycles. The lowest BCUT2D eigenvalue weighted by molar-refractivity contribution is -0.115. The summed E-state index contributed by atoms with van der Waals surface area (Å²) in [6.07, 6.45) is 5.62. The number of carbonyl (C=O) groups excluding carboxylic acids is 1. The molecule has 5 heteroatoms. The van der Waals surface area contributed by atoms with E-state index in [4.69, 9.17) is 0 Å². The Hall–Kier alpha value is -1.07. The Balaban J connectivity index is 1.80. The smallest absolute Gasteiger partial charge is 0.238 e. The van der Waals surface area contributed by atoms with Crippen molar-refractivity contribution in [2.45, 2.75) is 30.6 Å². The summed E-state index contributed by atoms with van der Waals surface area (Å²) < 4.78 is 13.4. The molecule has 2 rings (SSSR count). The molecule has 0 spiro atoms. The van der Waals surface area contributed by atoms with Crippen LogP contribution >= 0.6 is 11.8 Å². The molecule has 3 nitrogen and oxygen atoms in total. The van der Waals surface area contributed by atoms with Crippen LogP contribution in [0, 0.1) is 5.82 Å². The molecule has 2 N–H and O–H groups in total. The Morgan fingerprint density at radius 3 is 2.95 bits per heavy atom. The number of carbonyl (C=O) groups is 1. The molecule has 1 aromatic rings. The Kier molecular flexibility index (Phi) is 5.22. The van der Waals surface area contributed by atoms with Crippen LogP contribution < -0.4 is 10.6 Å². The zero-order valence-electron chi connectivity index (χ0n) is 11.0. The third-order valence-corrected chi connectivity index (χ3v) is 4.60. The van der Waals surface area contributed by atoms with Crippen LogP contribution in [0.2, 0.25) is 0 Å². The second-order valence-electron chi connectivity index (χ2n) is 4.72. The van der Waals surface area contributed by atoms with E-state index in [1.807, 2.05) is 11.8 Å². The molecule has 0 saturated heterocycles. The molecule has 0 aliphatic heterocycles. The first kappa shape index (κ1) is 14.3. The average Bonchev–Trinajstić information content (AvgIpc) is 2.86.